The van der Waals surface area contributed by atoms with Gasteiger partial charge in [0, 0.05) is 30.1 Å². The lowest BCUT2D eigenvalue weighted by Gasteiger charge is -2.26. The van der Waals surface area contributed by atoms with Crippen molar-refractivity contribution in [1.82, 2.24) is 15.5 Å². The van der Waals surface area contributed by atoms with E-state index in [9.17, 15) is 9.59 Å². The Morgan fingerprint density at radius 2 is 1.81 bits per heavy atom. The minimum Gasteiger partial charge on any atom is -0.354 e. The normalized spacial score (nSPS) is 11.9. The molecular formula is C21H26ClN3O2. The fourth-order valence-electron chi connectivity index (χ4n) is 2.79. The molecule has 2 amide bonds. The summed E-state index contributed by atoms with van der Waals surface area (Å²) in [5.41, 5.74) is 2.59. The van der Waals surface area contributed by atoms with Gasteiger partial charge in [-0.2, -0.15) is 0 Å². The van der Waals surface area contributed by atoms with Crippen LogP contribution in [0.5, 0.6) is 0 Å². The first kappa shape index (κ1) is 20.9. The summed E-state index contributed by atoms with van der Waals surface area (Å²) >= 11 is 6.28. The molecule has 0 bridgehead atoms. The van der Waals surface area contributed by atoms with Crippen LogP contribution in [0.4, 0.5) is 0 Å². The number of benzene rings is 2. The van der Waals surface area contributed by atoms with E-state index in [2.05, 4.69) is 10.6 Å². The van der Waals surface area contributed by atoms with Crippen LogP contribution < -0.4 is 10.6 Å². The number of carbonyl (C=O) groups excluding carboxylic acids is 2. The third kappa shape index (κ3) is 6.38. The number of nitrogens with one attached hydrogen (secondary N) is 2. The van der Waals surface area contributed by atoms with Crippen molar-refractivity contribution in [3.05, 3.63) is 70.2 Å². The first-order valence-electron chi connectivity index (χ1n) is 8.91. The number of nitrogens with zero attached hydrogens (tertiary/aromatic N) is 1. The second kappa shape index (κ2) is 10.1. The molecule has 2 N–H and O–H groups in total. The third-order valence-corrected chi connectivity index (χ3v) is 4.64. The largest absolute Gasteiger partial charge is 0.354 e. The van der Waals surface area contributed by atoms with Gasteiger partial charge in [0.2, 0.25) is 5.91 Å². The Hall–Kier alpha value is -2.37. The van der Waals surface area contributed by atoms with Crippen LogP contribution in [0, 0.1) is 6.92 Å². The quantitative estimate of drug-likeness (QED) is 0.731. The summed E-state index contributed by atoms with van der Waals surface area (Å²) in [7, 11) is 3.89. The Balaban J connectivity index is 1.81. The zero-order valence-corrected chi connectivity index (χ0v) is 16.7. The van der Waals surface area contributed by atoms with Gasteiger partial charge in [-0.1, -0.05) is 47.5 Å². The van der Waals surface area contributed by atoms with E-state index in [0.29, 0.717) is 17.1 Å². The van der Waals surface area contributed by atoms with Gasteiger partial charge >= 0.3 is 0 Å². The van der Waals surface area contributed by atoms with Crippen molar-refractivity contribution < 1.29 is 9.59 Å². The van der Waals surface area contributed by atoms with Gasteiger partial charge in [-0.15, -0.1) is 0 Å². The van der Waals surface area contributed by atoms with E-state index in [0.717, 1.165) is 11.1 Å². The van der Waals surface area contributed by atoms with Gasteiger partial charge in [0.25, 0.3) is 5.91 Å². The minimum atomic E-state index is -0.172. The molecule has 0 saturated heterocycles. The highest BCUT2D eigenvalue weighted by molar-refractivity contribution is 6.31. The maximum absolute atomic E-state index is 12.1. The van der Waals surface area contributed by atoms with E-state index in [1.165, 1.54) is 0 Å². The fraction of sp³-hybridized carbons (Fsp3) is 0.333. The molecule has 0 aliphatic carbocycles. The lowest BCUT2D eigenvalue weighted by atomic mass is 10.1. The maximum Gasteiger partial charge on any atom is 0.251 e. The standard InChI is InChI=1S/C21H26ClN3O2/c1-15-7-6-8-16(13-15)21(27)23-12-11-20(26)24-14-19(25(2)3)17-9-4-5-10-18(17)22/h4-10,13,19H,11-12,14H2,1-3H3,(H,23,27)(H,24,26)/t19-/m1/s1. The van der Waals surface area contributed by atoms with Gasteiger partial charge < -0.3 is 15.5 Å². The fourth-order valence-corrected chi connectivity index (χ4v) is 3.05. The highest BCUT2D eigenvalue weighted by Crippen LogP contribution is 2.25. The molecule has 0 saturated carbocycles. The topological polar surface area (TPSA) is 61.4 Å². The van der Waals surface area contributed by atoms with Crippen molar-refractivity contribution >= 4 is 23.4 Å². The van der Waals surface area contributed by atoms with Gasteiger partial charge in [-0.25, -0.2) is 0 Å². The van der Waals surface area contributed by atoms with Crippen LogP contribution >= 0.6 is 11.6 Å². The summed E-state index contributed by atoms with van der Waals surface area (Å²) in [5.74, 6) is -0.285. The summed E-state index contributed by atoms with van der Waals surface area (Å²) in [6.07, 6.45) is 0.222. The van der Waals surface area contributed by atoms with Gasteiger partial charge in [-0.3, -0.25) is 9.59 Å². The van der Waals surface area contributed by atoms with Crippen molar-refractivity contribution in [2.45, 2.75) is 19.4 Å². The van der Waals surface area contributed by atoms with Gasteiger partial charge in [0.05, 0.1) is 6.04 Å². The Morgan fingerprint density at radius 1 is 1.07 bits per heavy atom. The van der Waals surface area contributed by atoms with Crippen LogP contribution in [0.25, 0.3) is 0 Å². The van der Waals surface area contributed by atoms with Crippen molar-refractivity contribution in [2.75, 3.05) is 27.2 Å². The maximum atomic E-state index is 12.1. The lowest BCUT2D eigenvalue weighted by molar-refractivity contribution is -0.121. The molecule has 0 aliphatic rings. The summed E-state index contributed by atoms with van der Waals surface area (Å²) in [6.45, 7) is 2.67. The average molecular weight is 388 g/mol. The highest BCUT2D eigenvalue weighted by Gasteiger charge is 2.17. The smallest absolute Gasteiger partial charge is 0.251 e. The van der Waals surface area contributed by atoms with Crippen molar-refractivity contribution in [3.63, 3.8) is 0 Å². The Morgan fingerprint density at radius 3 is 2.48 bits per heavy atom. The molecule has 144 valence electrons. The monoisotopic (exact) mass is 387 g/mol. The number of carbonyl (C=O) groups is 2. The van der Waals surface area contributed by atoms with Crippen molar-refractivity contribution in [3.8, 4) is 0 Å². The lowest BCUT2D eigenvalue weighted by Crippen LogP contribution is -2.36. The van der Waals surface area contributed by atoms with Gasteiger partial charge in [0.15, 0.2) is 0 Å². The van der Waals surface area contributed by atoms with Gasteiger partial charge in [-0.05, 0) is 44.8 Å². The molecule has 0 fully saturated rings. The van der Waals surface area contributed by atoms with E-state index >= 15 is 0 Å². The summed E-state index contributed by atoms with van der Waals surface area (Å²) in [5, 5.41) is 6.38. The molecule has 27 heavy (non-hydrogen) atoms. The number of halogens is 1. The third-order valence-electron chi connectivity index (χ3n) is 4.30. The first-order chi connectivity index (χ1) is 12.9. The van der Waals surface area contributed by atoms with Crippen LogP contribution in [-0.2, 0) is 4.79 Å². The summed E-state index contributed by atoms with van der Waals surface area (Å²) < 4.78 is 0. The molecule has 0 radical (unpaired) electrons. The second-order valence-electron chi connectivity index (χ2n) is 6.68. The Bertz CT molecular complexity index is 793. The van der Waals surface area contributed by atoms with E-state index in [1.54, 1.807) is 6.07 Å². The van der Waals surface area contributed by atoms with E-state index < -0.39 is 0 Å². The molecule has 2 rings (SSSR count). The zero-order chi connectivity index (χ0) is 19.8. The SMILES string of the molecule is Cc1cccc(C(=O)NCCC(=O)NC[C@H](c2ccccc2Cl)N(C)C)c1. The number of hydrogen-bond acceptors (Lipinski definition) is 3. The van der Waals surface area contributed by atoms with Crippen LogP contribution in [0.1, 0.15) is 33.9 Å². The second-order valence-corrected chi connectivity index (χ2v) is 7.09. The predicted molar refractivity (Wildman–Crippen MR) is 109 cm³/mol. The molecule has 2 aromatic carbocycles. The molecule has 5 nitrogen and oxygen atoms in total. The van der Waals surface area contributed by atoms with E-state index in [-0.39, 0.29) is 30.8 Å². The van der Waals surface area contributed by atoms with E-state index in [1.807, 2.05) is 68.4 Å². The minimum absolute atomic E-state index is 0.0236. The van der Waals surface area contributed by atoms with Crippen molar-refractivity contribution in [2.24, 2.45) is 0 Å². The van der Waals surface area contributed by atoms with Crippen LogP contribution in [0.15, 0.2) is 48.5 Å². The first-order valence-corrected chi connectivity index (χ1v) is 9.28. The zero-order valence-electron chi connectivity index (χ0n) is 16.0. The summed E-state index contributed by atoms with van der Waals surface area (Å²) in [4.78, 5) is 26.3. The molecule has 1 atom stereocenters. The van der Waals surface area contributed by atoms with Crippen LogP contribution in [-0.4, -0.2) is 43.9 Å². The number of likely N-dealkylation sites (N-methyl/N-ethyl adjacent to an activating group) is 1. The number of hydrogen-bond donors (Lipinski definition) is 2. The number of rotatable bonds is 8. The molecule has 2 aromatic rings. The number of amides is 2. The Labute approximate surface area is 165 Å². The Kier molecular flexibility index (Phi) is 7.82. The van der Waals surface area contributed by atoms with Gasteiger partial charge in [0.1, 0.15) is 0 Å². The predicted octanol–water partition coefficient (Wildman–Crippen LogP) is 3.19. The van der Waals surface area contributed by atoms with Crippen molar-refractivity contribution in [1.29, 1.82) is 0 Å². The average Bonchev–Trinajstić information content (AvgIpc) is 2.63. The summed E-state index contributed by atoms with van der Waals surface area (Å²) in [6, 6.07) is 14.9. The molecule has 0 aliphatic heterocycles. The molecule has 6 heteroatoms. The molecule has 0 spiro atoms. The highest BCUT2D eigenvalue weighted by atomic mass is 35.5. The van der Waals surface area contributed by atoms with E-state index in [4.69, 9.17) is 11.6 Å². The van der Waals surface area contributed by atoms with Crippen LogP contribution in [0.3, 0.4) is 0 Å². The molecule has 0 aromatic heterocycles. The molecule has 0 heterocycles. The van der Waals surface area contributed by atoms with Crippen LogP contribution in [0.2, 0.25) is 5.02 Å². The number of aryl methyl sites for hydroxylation is 1. The molecule has 0 unspecified atom stereocenters. The molecular weight excluding hydrogens is 362 g/mol.